The van der Waals surface area contributed by atoms with Crippen LogP contribution in [0.3, 0.4) is 0 Å². The Bertz CT molecular complexity index is 759. The highest BCUT2D eigenvalue weighted by molar-refractivity contribution is 6.16. The number of hydrogen-bond acceptors (Lipinski definition) is 6. The van der Waals surface area contributed by atoms with Gasteiger partial charge in [0, 0.05) is 0 Å². The van der Waals surface area contributed by atoms with Crippen LogP contribution in [0.25, 0.3) is 0 Å². The molecule has 0 spiro atoms. The highest BCUT2D eigenvalue weighted by Gasteiger charge is 2.01. The molecule has 0 aliphatic rings. The van der Waals surface area contributed by atoms with Crippen molar-refractivity contribution in [1.29, 1.82) is 0 Å². The van der Waals surface area contributed by atoms with Crippen molar-refractivity contribution < 1.29 is 19.1 Å². The maximum atomic E-state index is 11.6. The summed E-state index contributed by atoms with van der Waals surface area (Å²) in [4.78, 5) is 23.2. The zero-order valence-corrected chi connectivity index (χ0v) is 15.7. The summed E-state index contributed by atoms with van der Waals surface area (Å²) in [5.74, 6) is 0.366. The number of nitrogens with one attached hydrogen (secondary N) is 2. The number of ether oxygens (including phenoxy) is 2. The van der Waals surface area contributed by atoms with E-state index in [4.69, 9.17) is 9.47 Å². The number of benzene rings is 2. The minimum atomic E-state index is -0.416. The lowest BCUT2D eigenvalue weighted by Crippen LogP contribution is -2.25. The topological polar surface area (TPSA) is 101 Å². The maximum absolute atomic E-state index is 11.6. The Kier molecular flexibility index (Phi) is 8.19. The average Bonchev–Trinajstić information content (AvgIpc) is 2.69. The number of carbonyl (C=O) groups is 2. The SMILES string of the molecule is Cc1ccc(OCC(=O)N/N=C\C=N/NC(=O)COc2ccc(C)cc2)cc1. The van der Waals surface area contributed by atoms with Crippen LogP contribution in [0.5, 0.6) is 11.5 Å². The first-order chi connectivity index (χ1) is 13.5. The lowest BCUT2D eigenvalue weighted by atomic mass is 10.2. The molecule has 2 aromatic carbocycles. The van der Waals surface area contributed by atoms with Crippen molar-refractivity contribution in [2.75, 3.05) is 13.2 Å². The van der Waals surface area contributed by atoms with Crippen molar-refractivity contribution in [3.05, 3.63) is 59.7 Å². The molecule has 0 heterocycles. The first-order valence-corrected chi connectivity index (χ1v) is 8.54. The van der Waals surface area contributed by atoms with Gasteiger partial charge in [0.2, 0.25) is 0 Å². The minimum absolute atomic E-state index is 0.162. The fourth-order valence-corrected chi connectivity index (χ4v) is 1.92. The second kappa shape index (κ2) is 11.1. The van der Waals surface area contributed by atoms with Gasteiger partial charge >= 0.3 is 0 Å². The molecule has 0 saturated carbocycles. The van der Waals surface area contributed by atoms with E-state index in [-0.39, 0.29) is 13.2 Å². The number of rotatable bonds is 9. The third-order valence-electron chi connectivity index (χ3n) is 3.38. The lowest BCUT2D eigenvalue weighted by molar-refractivity contribution is -0.123. The van der Waals surface area contributed by atoms with Gasteiger partial charge in [0.1, 0.15) is 11.5 Å². The van der Waals surface area contributed by atoms with E-state index in [0.717, 1.165) is 11.1 Å². The third-order valence-corrected chi connectivity index (χ3v) is 3.38. The van der Waals surface area contributed by atoms with Crippen LogP contribution in [0.15, 0.2) is 58.7 Å². The van der Waals surface area contributed by atoms with E-state index in [1.165, 1.54) is 12.4 Å². The molecule has 0 aromatic heterocycles. The third kappa shape index (κ3) is 8.13. The van der Waals surface area contributed by atoms with Gasteiger partial charge in [-0.3, -0.25) is 9.59 Å². The predicted octanol–water partition coefficient (Wildman–Crippen LogP) is 1.97. The molecular weight excluding hydrogens is 360 g/mol. The van der Waals surface area contributed by atoms with Crippen molar-refractivity contribution in [3.8, 4) is 11.5 Å². The Labute approximate surface area is 163 Å². The van der Waals surface area contributed by atoms with Gasteiger partial charge in [-0.2, -0.15) is 10.2 Å². The number of nitrogens with zero attached hydrogens (tertiary/aromatic N) is 2. The summed E-state index contributed by atoms with van der Waals surface area (Å²) in [6, 6.07) is 14.7. The van der Waals surface area contributed by atoms with Gasteiger partial charge in [0.25, 0.3) is 11.8 Å². The summed E-state index contributed by atoms with van der Waals surface area (Å²) in [7, 11) is 0. The number of amides is 2. The first kappa shape index (κ1) is 20.6. The summed E-state index contributed by atoms with van der Waals surface area (Å²) in [5, 5.41) is 7.32. The molecule has 2 aromatic rings. The van der Waals surface area contributed by atoms with Gasteiger partial charge in [0.15, 0.2) is 13.2 Å². The second-order valence-electron chi connectivity index (χ2n) is 5.83. The Hall–Kier alpha value is -3.68. The molecule has 0 bridgehead atoms. The predicted molar refractivity (Wildman–Crippen MR) is 107 cm³/mol. The van der Waals surface area contributed by atoms with E-state index in [1.54, 1.807) is 24.3 Å². The largest absolute Gasteiger partial charge is 0.484 e. The molecule has 0 saturated heterocycles. The van der Waals surface area contributed by atoms with Crippen molar-refractivity contribution >= 4 is 24.2 Å². The molecule has 8 nitrogen and oxygen atoms in total. The van der Waals surface area contributed by atoms with E-state index in [9.17, 15) is 9.59 Å². The van der Waals surface area contributed by atoms with Crippen LogP contribution in [0.4, 0.5) is 0 Å². The fourth-order valence-electron chi connectivity index (χ4n) is 1.92. The highest BCUT2D eigenvalue weighted by Crippen LogP contribution is 2.11. The van der Waals surface area contributed by atoms with E-state index in [0.29, 0.717) is 11.5 Å². The molecule has 0 radical (unpaired) electrons. The molecule has 0 fully saturated rings. The van der Waals surface area contributed by atoms with Gasteiger partial charge in [-0.05, 0) is 38.1 Å². The number of aryl methyl sites for hydroxylation is 2. The monoisotopic (exact) mass is 382 g/mol. The van der Waals surface area contributed by atoms with Crippen LogP contribution >= 0.6 is 0 Å². The molecule has 8 heteroatoms. The second-order valence-corrected chi connectivity index (χ2v) is 5.83. The van der Waals surface area contributed by atoms with E-state index >= 15 is 0 Å². The molecule has 0 aliphatic carbocycles. The molecule has 28 heavy (non-hydrogen) atoms. The van der Waals surface area contributed by atoms with Gasteiger partial charge in [0.05, 0.1) is 12.4 Å². The van der Waals surface area contributed by atoms with Crippen LogP contribution in [-0.4, -0.2) is 37.5 Å². The van der Waals surface area contributed by atoms with Crippen LogP contribution in [0.2, 0.25) is 0 Å². The van der Waals surface area contributed by atoms with Crippen LogP contribution in [0, 0.1) is 13.8 Å². The zero-order valence-electron chi connectivity index (χ0n) is 15.7. The lowest BCUT2D eigenvalue weighted by Gasteiger charge is -2.05. The maximum Gasteiger partial charge on any atom is 0.277 e. The van der Waals surface area contributed by atoms with Crippen LogP contribution in [0.1, 0.15) is 11.1 Å². The highest BCUT2D eigenvalue weighted by atomic mass is 16.5. The van der Waals surface area contributed by atoms with Crippen molar-refractivity contribution in [1.82, 2.24) is 10.9 Å². The molecule has 0 aliphatic heterocycles. The average molecular weight is 382 g/mol. The Morgan fingerprint density at radius 3 is 1.46 bits per heavy atom. The quantitative estimate of drug-likeness (QED) is 0.511. The molecule has 2 N–H and O–H groups in total. The Morgan fingerprint density at radius 1 is 0.750 bits per heavy atom. The molecule has 2 amide bonds. The summed E-state index contributed by atoms with van der Waals surface area (Å²) >= 11 is 0. The Morgan fingerprint density at radius 2 is 1.11 bits per heavy atom. The van der Waals surface area contributed by atoms with Gasteiger partial charge in [-0.15, -0.1) is 0 Å². The Balaban J connectivity index is 1.59. The first-order valence-electron chi connectivity index (χ1n) is 8.54. The number of hydrogen-bond donors (Lipinski definition) is 2. The van der Waals surface area contributed by atoms with Crippen LogP contribution in [-0.2, 0) is 9.59 Å². The molecule has 146 valence electrons. The molecule has 0 unspecified atom stereocenters. The van der Waals surface area contributed by atoms with E-state index in [2.05, 4.69) is 21.1 Å². The molecule has 2 rings (SSSR count). The number of carbonyl (C=O) groups excluding carboxylic acids is 2. The van der Waals surface area contributed by atoms with E-state index in [1.807, 2.05) is 38.1 Å². The summed E-state index contributed by atoms with van der Waals surface area (Å²) in [6.45, 7) is 3.60. The molecular formula is C20H22N4O4. The van der Waals surface area contributed by atoms with Crippen molar-refractivity contribution in [3.63, 3.8) is 0 Å². The normalized spacial score (nSPS) is 10.8. The van der Waals surface area contributed by atoms with Gasteiger partial charge in [-0.25, -0.2) is 10.9 Å². The summed E-state index contributed by atoms with van der Waals surface area (Å²) in [5.41, 5.74) is 6.77. The van der Waals surface area contributed by atoms with Crippen molar-refractivity contribution in [2.45, 2.75) is 13.8 Å². The van der Waals surface area contributed by atoms with Gasteiger partial charge in [-0.1, -0.05) is 35.4 Å². The zero-order chi connectivity index (χ0) is 20.2. The van der Waals surface area contributed by atoms with E-state index < -0.39 is 11.8 Å². The summed E-state index contributed by atoms with van der Waals surface area (Å²) in [6.07, 6.45) is 2.45. The molecule has 0 atom stereocenters. The summed E-state index contributed by atoms with van der Waals surface area (Å²) < 4.78 is 10.6. The van der Waals surface area contributed by atoms with Crippen LogP contribution < -0.4 is 20.3 Å². The number of hydrazone groups is 2. The minimum Gasteiger partial charge on any atom is -0.484 e. The smallest absolute Gasteiger partial charge is 0.277 e. The van der Waals surface area contributed by atoms with Gasteiger partial charge < -0.3 is 9.47 Å². The fraction of sp³-hybridized carbons (Fsp3) is 0.200. The van der Waals surface area contributed by atoms with Crippen molar-refractivity contribution in [2.24, 2.45) is 10.2 Å². The standard InChI is InChI=1S/C20H22N4O4/c1-15-3-7-17(8-4-15)27-13-19(25)23-21-11-12-22-24-20(26)14-28-18-9-5-16(2)6-10-18/h3-12H,13-14H2,1-2H3,(H,23,25)(H,24,26)/b21-11-,22-12-.